The summed E-state index contributed by atoms with van der Waals surface area (Å²) < 4.78 is 32.0. The Morgan fingerprint density at radius 2 is 1.87 bits per heavy atom. The Labute approximate surface area is 276 Å². The van der Waals surface area contributed by atoms with Crippen molar-refractivity contribution < 1.29 is 23.8 Å². The minimum atomic E-state index is -1.19. The number of halogens is 2. The van der Waals surface area contributed by atoms with Gasteiger partial charge in [0.05, 0.1) is 20.8 Å². The van der Waals surface area contributed by atoms with Crippen LogP contribution >= 0.6 is 23.1 Å². The van der Waals surface area contributed by atoms with E-state index in [1.165, 1.54) is 12.1 Å². The Hall–Kier alpha value is -4.09. The van der Waals surface area contributed by atoms with Crippen LogP contribution in [0.4, 0.5) is 4.39 Å². The van der Waals surface area contributed by atoms with E-state index < -0.39 is 17.9 Å². The topological polar surface area (TPSA) is 88.0 Å². The normalized spacial score (nSPS) is 14.8. The molecule has 1 fully saturated rings. The number of aromatic nitrogens is 2. The van der Waals surface area contributed by atoms with Crippen molar-refractivity contribution in [2.75, 3.05) is 46.4 Å². The van der Waals surface area contributed by atoms with Crippen molar-refractivity contribution in [3.05, 3.63) is 94.9 Å². The van der Waals surface area contributed by atoms with Gasteiger partial charge in [-0.15, -0.1) is 0 Å². The van der Waals surface area contributed by atoms with Gasteiger partial charge < -0.3 is 19.5 Å². The van der Waals surface area contributed by atoms with Gasteiger partial charge in [-0.1, -0.05) is 60.1 Å². The van der Waals surface area contributed by atoms with Crippen LogP contribution in [0.1, 0.15) is 11.1 Å². The highest BCUT2D eigenvalue weighted by molar-refractivity contribution is 7.13. The van der Waals surface area contributed by atoms with E-state index in [4.69, 9.17) is 26.1 Å². The molecule has 1 saturated heterocycles. The molecule has 0 aliphatic carbocycles. The fourth-order valence-electron chi connectivity index (χ4n) is 5.65. The minimum Gasteiger partial charge on any atom is -0.491 e. The maximum absolute atomic E-state index is 14.5. The van der Waals surface area contributed by atoms with Gasteiger partial charge in [0.1, 0.15) is 18.2 Å². The van der Waals surface area contributed by atoms with Crippen molar-refractivity contribution in [1.29, 1.82) is 0 Å². The number of likely N-dealkylation sites (N-methyl/N-ethyl adjacent to an activating group) is 1. The third-order valence-electron chi connectivity index (χ3n) is 8.26. The van der Waals surface area contributed by atoms with Crippen molar-refractivity contribution in [2.24, 2.45) is 0 Å². The molecule has 8 nitrogen and oxygen atoms in total. The third-order valence-corrected chi connectivity index (χ3v) is 9.49. The van der Waals surface area contributed by atoms with Gasteiger partial charge in [-0.25, -0.2) is 9.18 Å². The van der Waals surface area contributed by atoms with Crippen LogP contribution in [0.5, 0.6) is 11.6 Å². The van der Waals surface area contributed by atoms with Crippen LogP contribution in [-0.2, 0) is 11.2 Å². The second kappa shape index (κ2) is 14.1. The number of piperazine rings is 1. The zero-order chi connectivity index (χ0) is 32.2. The summed E-state index contributed by atoms with van der Waals surface area (Å²) in [5.41, 5.74) is 3.96. The Morgan fingerprint density at radius 3 is 2.61 bits per heavy atom. The van der Waals surface area contributed by atoms with Crippen molar-refractivity contribution in [3.63, 3.8) is 0 Å². The molecule has 238 valence electrons. The van der Waals surface area contributed by atoms with Crippen molar-refractivity contribution in [1.82, 2.24) is 19.2 Å². The van der Waals surface area contributed by atoms with Crippen LogP contribution in [0.15, 0.2) is 72.9 Å². The van der Waals surface area contributed by atoms with E-state index in [2.05, 4.69) is 21.2 Å². The van der Waals surface area contributed by atoms with Gasteiger partial charge >= 0.3 is 5.97 Å². The summed E-state index contributed by atoms with van der Waals surface area (Å²) in [6.45, 7) is 7.26. The lowest BCUT2D eigenvalue weighted by Crippen LogP contribution is -2.45. The Kier molecular flexibility index (Phi) is 9.79. The number of pyridine rings is 1. The van der Waals surface area contributed by atoms with E-state index >= 15 is 0 Å². The fraction of sp³-hybridized carbons (Fsp3) is 0.286. The quantitative estimate of drug-likeness (QED) is 0.165. The molecule has 1 aliphatic heterocycles. The molecule has 46 heavy (non-hydrogen) atoms. The van der Waals surface area contributed by atoms with Crippen LogP contribution in [0.3, 0.4) is 0 Å². The first kappa shape index (κ1) is 31.9. The summed E-state index contributed by atoms with van der Waals surface area (Å²) >= 11 is 8.10. The van der Waals surface area contributed by atoms with Crippen LogP contribution in [-0.4, -0.2) is 82.7 Å². The Balaban J connectivity index is 1.39. The lowest BCUT2D eigenvalue weighted by molar-refractivity contribution is -0.145. The van der Waals surface area contributed by atoms with Gasteiger partial charge in [-0.2, -0.15) is 4.37 Å². The molecule has 0 radical (unpaired) electrons. The molecule has 0 spiro atoms. The van der Waals surface area contributed by atoms with Gasteiger partial charge in [0, 0.05) is 56.5 Å². The average Bonchev–Trinajstić information content (AvgIpc) is 3.46. The van der Waals surface area contributed by atoms with Gasteiger partial charge in [0.25, 0.3) is 0 Å². The second-order valence-electron chi connectivity index (χ2n) is 11.4. The van der Waals surface area contributed by atoms with E-state index in [0.717, 1.165) is 60.9 Å². The lowest BCUT2D eigenvalue weighted by Gasteiger charge is -2.32. The zero-order valence-electron chi connectivity index (χ0n) is 25.6. The molecule has 1 atom stereocenters. The van der Waals surface area contributed by atoms with Crippen LogP contribution in [0, 0.1) is 12.7 Å². The predicted octanol–water partition coefficient (Wildman–Crippen LogP) is 6.83. The van der Waals surface area contributed by atoms with Gasteiger partial charge in [-0.05, 0) is 60.4 Å². The zero-order valence-corrected chi connectivity index (χ0v) is 27.2. The Bertz CT molecular complexity index is 1850. The standard InChI is InChI=1S/C35H34ClFN4O4S/c1-22-26(11-12-27(32(22)36)44-18-17-41-15-13-40(2)14-16-41)30-31-29(21-38-33(30)24-9-6-10-25(37)20-24)46-39-34(31)45-28(35(42)43)19-23-7-4-3-5-8-23/h3-12,20-21,28H,13-19H2,1-2H3,(H,42,43). The van der Waals surface area contributed by atoms with E-state index in [1.54, 1.807) is 18.3 Å². The molecule has 2 aromatic heterocycles. The highest BCUT2D eigenvalue weighted by atomic mass is 35.5. The number of benzene rings is 3. The first-order valence-electron chi connectivity index (χ1n) is 15.1. The molecule has 11 heteroatoms. The molecule has 1 aliphatic rings. The van der Waals surface area contributed by atoms with Gasteiger partial charge in [0.15, 0.2) is 0 Å². The van der Waals surface area contributed by atoms with E-state index in [1.807, 2.05) is 49.4 Å². The average molecular weight is 661 g/mol. The summed E-state index contributed by atoms with van der Waals surface area (Å²) in [5.74, 6) is -0.777. The first-order chi connectivity index (χ1) is 22.3. The van der Waals surface area contributed by atoms with E-state index in [0.29, 0.717) is 44.3 Å². The number of fused-ring (bicyclic) bond motifs is 1. The molecule has 0 amide bonds. The molecular weight excluding hydrogens is 627 g/mol. The second-order valence-corrected chi connectivity index (χ2v) is 12.6. The lowest BCUT2D eigenvalue weighted by atomic mass is 9.93. The molecule has 6 rings (SSSR count). The van der Waals surface area contributed by atoms with Gasteiger partial charge in [-0.3, -0.25) is 9.88 Å². The predicted molar refractivity (Wildman–Crippen MR) is 180 cm³/mol. The number of ether oxygens (including phenoxy) is 2. The highest BCUT2D eigenvalue weighted by Crippen LogP contribution is 2.46. The maximum atomic E-state index is 14.5. The highest BCUT2D eigenvalue weighted by Gasteiger charge is 2.27. The molecule has 3 heterocycles. The maximum Gasteiger partial charge on any atom is 0.345 e. The molecule has 5 aromatic rings. The number of aliphatic carboxylic acids is 1. The molecule has 1 N–H and O–H groups in total. The summed E-state index contributed by atoms with van der Waals surface area (Å²) in [5, 5.41) is 11.1. The Morgan fingerprint density at radius 1 is 1.09 bits per heavy atom. The minimum absolute atomic E-state index is 0.150. The molecule has 0 bridgehead atoms. The van der Waals surface area contributed by atoms with E-state index in [-0.39, 0.29) is 12.3 Å². The number of hydrogen-bond donors (Lipinski definition) is 1. The van der Waals surface area contributed by atoms with Gasteiger partial charge in [0.2, 0.25) is 12.0 Å². The third kappa shape index (κ3) is 7.00. The summed E-state index contributed by atoms with van der Waals surface area (Å²) in [6, 6.07) is 19.2. The number of nitrogens with zero attached hydrogens (tertiary/aromatic N) is 4. The largest absolute Gasteiger partial charge is 0.491 e. The smallest absolute Gasteiger partial charge is 0.345 e. The van der Waals surface area contributed by atoms with Crippen molar-refractivity contribution in [2.45, 2.75) is 19.4 Å². The number of carbonyl (C=O) groups is 1. The summed E-state index contributed by atoms with van der Waals surface area (Å²) in [7, 11) is 2.13. The van der Waals surface area contributed by atoms with E-state index in [9.17, 15) is 14.3 Å². The SMILES string of the molecule is Cc1c(-c2c(-c3cccc(F)c3)ncc3snc(OC(Cc4ccccc4)C(=O)O)c23)ccc(OCCN2CCN(C)CC2)c1Cl. The monoisotopic (exact) mass is 660 g/mol. The fourth-order valence-corrected chi connectivity index (χ4v) is 6.57. The van der Waals surface area contributed by atoms with Crippen LogP contribution in [0.25, 0.3) is 32.5 Å². The summed E-state index contributed by atoms with van der Waals surface area (Å²) in [4.78, 5) is 21.8. The van der Waals surface area contributed by atoms with Crippen molar-refractivity contribution in [3.8, 4) is 34.0 Å². The summed E-state index contributed by atoms with van der Waals surface area (Å²) in [6.07, 6.45) is 0.618. The molecular formula is C35H34ClFN4O4S. The number of hydrogen-bond acceptors (Lipinski definition) is 8. The van der Waals surface area contributed by atoms with Crippen LogP contribution < -0.4 is 9.47 Å². The molecule has 1 unspecified atom stereocenters. The molecule has 0 saturated carbocycles. The first-order valence-corrected chi connectivity index (χ1v) is 16.2. The number of carboxylic acids is 1. The molecule has 3 aromatic carbocycles. The number of rotatable bonds is 11. The van der Waals surface area contributed by atoms with Crippen LogP contribution in [0.2, 0.25) is 5.02 Å². The number of carboxylic acid groups (broad SMARTS) is 1. The van der Waals surface area contributed by atoms with Crippen molar-refractivity contribution >= 4 is 39.2 Å².